The van der Waals surface area contributed by atoms with Gasteiger partial charge in [-0.1, -0.05) is 12.1 Å². The molecule has 4 N–H and O–H groups in total. The molecular formula is C26H41N3O9. The van der Waals surface area contributed by atoms with Crippen molar-refractivity contribution in [2.75, 3.05) is 54.4 Å². The molecule has 0 aromatic heterocycles. The molecular weight excluding hydrogens is 498 g/mol. The number of likely N-dealkylation sites (tertiary alicyclic amines) is 1. The molecule has 1 amide bonds. The van der Waals surface area contributed by atoms with Gasteiger partial charge in [0.25, 0.3) is 0 Å². The molecule has 1 heterocycles. The molecule has 0 saturated carbocycles. The van der Waals surface area contributed by atoms with Crippen molar-refractivity contribution in [3.8, 4) is 5.75 Å². The van der Waals surface area contributed by atoms with Crippen molar-refractivity contribution in [3.05, 3.63) is 29.3 Å². The third kappa shape index (κ3) is 11.0. The topological polar surface area (TPSA) is 168 Å². The number of ether oxygens (including phenoxy) is 1. The molecule has 2 rings (SSSR count). The highest BCUT2D eigenvalue weighted by atomic mass is 16.5. The van der Waals surface area contributed by atoms with Gasteiger partial charge in [0.1, 0.15) is 5.75 Å². The fraction of sp³-hybridized carbons (Fsp3) is 0.615. The fourth-order valence-corrected chi connectivity index (χ4v) is 4.17. The zero-order chi connectivity index (χ0) is 29.0. The van der Waals surface area contributed by atoms with Crippen LogP contribution in [0.1, 0.15) is 36.8 Å². The molecule has 1 aromatic rings. The van der Waals surface area contributed by atoms with Crippen molar-refractivity contribution in [3.63, 3.8) is 0 Å². The van der Waals surface area contributed by atoms with Crippen LogP contribution in [0.4, 0.5) is 0 Å². The van der Waals surface area contributed by atoms with Crippen molar-refractivity contribution in [2.45, 2.75) is 50.7 Å². The molecule has 12 nitrogen and oxygen atoms in total. The first-order chi connectivity index (χ1) is 17.7. The van der Waals surface area contributed by atoms with Gasteiger partial charge in [0.2, 0.25) is 5.91 Å². The zero-order valence-electron chi connectivity index (χ0n) is 22.8. The monoisotopic (exact) mass is 539 g/mol. The van der Waals surface area contributed by atoms with Crippen LogP contribution in [-0.2, 0) is 25.6 Å². The maximum absolute atomic E-state index is 13.0. The Bertz CT molecular complexity index is 943. The van der Waals surface area contributed by atoms with Gasteiger partial charge in [0, 0.05) is 19.1 Å². The Balaban J connectivity index is 0.000000471. The summed E-state index contributed by atoms with van der Waals surface area (Å²) >= 11 is 0. The number of carbonyl (C=O) groups is 4. The second kappa shape index (κ2) is 15.3. The molecule has 1 fully saturated rings. The van der Waals surface area contributed by atoms with Gasteiger partial charge in [-0.25, -0.2) is 4.79 Å². The van der Waals surface area contributed by atoms with Crippen molar-refractivity contribution < 1.29 is 44.3 Å². The number of carbonyl (C=O) groups excluding carboxylic acids is 1. The van der Waals surface area contributed by atoms with Crippen molar-refractivity contribution in [1.82, 2.24) is 14.7 Å². The van der Waals surface area contributed by atoms with Gasteiger partial charge < -0.3 is 39.9 Å². The van der Waals surface area contributed by atoms with Crippen LogP contribution in [0.3, 0.4) is 0 Å². The number of piperidine rings is 1. The number of nitrogens with zero attached hydrogens (tertiary/aromatic N) is 3. The lowest BCUT2D eigenvalue weighted by atomic mass is 9.96. The summed E-state index contributed by atoms with van der Waals surface area (Å²) in [5, 5.41) is 33.8. The number of hydrogen-bond acceptors (Lipinski definition) is 8. The summed E-state index contributed by atoms with van der Waals surface area (Å²) in [6.07, 6.45) is 0.308. The van der Waals surface area contributed by atoms with Crippen LogP contribution in [0, 0.1) is 6.92 Å². The van der Waals surface area contributed by atoms with E-state index >= 15 is 0 Å². The molecule has 0 atom stereocenters. The average molecular weight is 540 g/mol. The third-order valence-corrected chi connectivity index (χ3v) is 6.34. The molecule has 12 heteroatoms. The number of aryl methyl sites for hydroxylation is 1. The van der Waals surface area contributed by atoms with Gasteiger partial charge in [-0.3, -0.25) is 14.4 Å². The van der Waals surface area contributed by atoms with E-state index in [0.29, 0.717) is 12.5 Å². The first-order valence-electron chi connectivity index (χ1n) is 12.3. The van der Waals surface area contributed by atoms with Crippen LogP contribution in [-0.4, -0.2) is 125 Å². The maximum atomic E-state index is 13.0. The predicted molar refractivity (Wildman–Crippen MR) is 139 cm³/mol. The molecule has 0 radical (unpaired) electrons. The van der Waals surface area contributed by atoms with Gasteiger partial charge in [-0.2, -0.15) is 0 Å². The van der Waals surface area contributed by atoms with Crippen LogP contribution in [0.5, 0.6) is 5.75 Å². The van der Waals surface area contributed by atoms with E-state index in [1.807, 2.05) is 19.1 Å². The second-order valence-corrected chi connectivity index (χ2v) is 9.88. The van der Waals surface area contributed by atoms with Crippen LogP contribution in [0.2, 0.25) is 0 Å². The SMILES string of the molecule is COc1ccc(CC(=O)N(CCN(C)C)C2CCN(C)CC2)cc1C.O=C(O)CC(O)(CC(=O)O)C(=O)O. The molecule has 1 saturated heterocycles. The Morgan fingerprint density at radius 2 is 1.58 bits per heavy atom. The minimum atomic E-state index is -2.74. The number of carboxylic acids is 3. The summed E-state index contributed by atoms with van der Waals surface area (Å²) in [5.74, 6) is -3.91. The number of benzene rings is 1. The van der Waals surface area contributed by atoms with Gasteiger partial charge in [0.05, 0.1) is 26.4 Å². The van der Waals surface area contributed by atoms with E-state index in [1.54, 1.807) is 7.11 Å². The van der Waals surface area contributed by atoms with E-state index in [2.05, 4.69) is 41.9 Å². The molecule has 38 heavy (non-hydrogen) atoms. The Hall–Kier alpha value is -3.22. The second-order valence-electron chi connectivity index (χ2n) is 9.88. The molecule has 1 aliphatic rings. The van der Waals surface area contributed by atoms with Crippen LogP contribution in [0.15, 0.2) is 18.2 Å². The Kier molecular flexibility index (Phi) is 13.2. The highest BCUT2D eigenvalue weighted by Gasteiger charge is 2.40. The Morgan fingerprint density at radius 1 is 1.03 bits per heavy atom. The van der Waals surface area contributed by atoms with Crippen LogP contribution in [0.25, 0.3) is 0 Å². The first kappa shape index (κ1) is 32.8. The van der Waals surface area contributed by atoms with E-state index in [1.165, 1.54) is 0 Å². The van der Waals surface area contributed by atoms with Crippen LogP contribution < -0.4 is 4.74 Å². The van der Waals surface area contributed by atoms with E-state index in [9.17, 15) is 19.2 Å². The number of hydrogen-bond donors (Lipinski definition) is 4. The largest absolute Gasteiger partial charge is 0.496 e. The third-order valence-electron chi connectivity index (χ3n) is 6.34. The molecule has 1 aromatic carbocycles. The zero-order valence-corrected chi connectivity index (χ0v) is 22.8. The van der Waals surface area contributed by atoms with E-state index in [0.717, 1.165) is 55.9 Å². The molecule has 0 unspecified atom stereocenters. The number of likely N-dealkylation sites (N-methyl/N-ethyl adjacent to an activating group) is 1. The summed E-state index contributed by atoms with van der Waals surface area (Å²) in [5.41, 5.74) is -0.601. The van der Waals surface area contributed by atoms with E-state index in [-0.39, 0.29) is 5.91 Å². The number of methoxy groups -OCH3 is 1. The quantitative estimate of drug-likeness (QED) is 0.296. The molecule has 0 bridgehead atoms. The number of rotatable bonds is 12. The average Bonchev–Trinajstić information content (AvgIpc) is 2.79. The van der Waals surface area contributed by atoms with E-state index < -0.39 is 36.4 Å². The lowest BCUT2D eigenvalue weighted by molar-refractivity contribution is -0.170. The first-order valence-corrected chi connectivity index (χ1v) is 12.3. The van der Waals surface area contributed by atoms with Crippen molar-refractivity contribution in [2.24, 2.45) is 0 Å². The van der Waals surface area contributed by atoms with Gasteiger partial charge >= 0.3 is 17.9 Å². The van der Waals surface area contributed by atoms with Gasteiger partial charge in [0.15, 0.2) is 5.60 Å². The number of amides is 1. The predicted octanol–water partition coefficient (Wildman–Crippen LogP) is 0.782. The van der Waals surface area contributed by atoms with Gasteiger partial charge in [-0.05, 0) is 71.2 Å². The standard InChI is InChI=1S/C20H33N3O2.C6H8O7/c1-16-14-17(6-7-19(16)25-5)15-20(24)23(13-12-21(2)3)18-8-10-22(4)11-9-18;7-3(8)1-6(13,5(11)12)2-4(9)10/h6-7,14,18H,8-13,15H2,1-5H3;13H,1-2H2,(H,7,8)(H,9,10)(H,11,12). The number of carboxylic acid groups (broad SMARTS) is 3. The highest BCUT2D eigenvalue weighted by Crippen LogP contribution is 2.21. The van der Waals surface area contributed by atoms with Crippen molar-refractivity contribution in [1.29, 1.82) is 0 Å². The summed E-state index contributed by atoms with van der Waals surface area (Å²) in [4.78, 5) is 50.1. The highest BCUT2D eigenvalue weighted by molar-refractivity contribution is 5.88. The summed E-state index contributed by atoms with van der Waals surface area (Å²) in [6.45, 7) is 5.86. The molecule has 0 spiro atoms. The summed E-state index contributed by atoms with van der Waals surface area (Å²) in [6, 6.07) is 6.39. The minimum Gasteiger partial charge on any atom is -0.496 e. The summed E-state index contributed by atoms with van der Waals surface area (Å²) in [7, 11) is 7.95. The lowest BCUT2D eigenvalue weighted by Crippen LogP contribution is -2.49. The maximum Gasteiger partial charge on any atom is 0.336 e. The Labute approximate surface area is 223 Å². The van der Waals surface area contributed by atoms with E-state index in [4.69, 9.17) is 25.2 Å². The summed E-state index contributed by atoms with van der Waals surface area (Å²) < 4.78 is 5.32. The van der Waals surface area contributed by atoms with Crippen LogP contribution >= 0.6 is 0 Å². The fourth-order valence-electron chi connectivity index (χ4n) is 4.17. The lowest BCUT2D eigenvalue weighted by Gasteiger charge is -2.38. The smallest absolute Gasteiger partial charge is 0.336 e. The van der Waals surface area contributed by atoms with Gasteiger partial charge in [-0.15, -0.1) is 0 Å². The molecule has 1 aliphatic heterocycles. The molecule has 214 valence electrons. The number of aliphatic carboxylic acids is 3. The minimum absolute atomic E-state index is 0.237. The molecule has 0 aliphatic carbocycles. The van der Waals surface area contributed by atoms with Crippen molar-refractivity contribution >= 4 is 23.8 Å². The normalized spacial score (nSPS) is 14.4. The Morgan fingerprint density at radius 3 is 2.00 bits per heavy atom. The number of aliphatic hydroxyl groups is 1.